The second-order valence-electron chi connectivity index (χ2n) is 7.36. The highest BCUT2D eigenvalue weighted by atomic mass is 32.2. The van der Waals surface area contributed by atoms with E-state index in [4.69, 9.17) is 0 Å². The van der Waals surface area contributed by atoms with E-state index < -0.39 is 25.9 Å². The maximum atomic E-state index is 12.7. The van der Waals surface area contributed by atoms with Gasteiger partial charge in [-0.1, -0.05) is 32.0 Å². The SMILES string of the molecule is CCc1cccc(CC)c1NC(=O)c1ccc(S(=O)(=O)NC2CCS(=O)(=O)C2)cc1. The van der Waals surface area contributed by atoms with Gasteiger partial charge in [0.1, 0.15) is 0 Å². The van der Waals surface area contributed by atoms with Crippen molar-refractivity contribution in [2.24, 2.45) is 0 Å². The van der Waals surface area contributed by atoms with E-state index in [9.17, 15) is 21.6 Å². The van der Waals surface area contributed by atoms with Gasteiger partial charge in [-0.25, -0.2) is 21.6 Å². The fourth-order valence-electron chi connectivity index (χ4n) is 3.55. The van der Waals surface area contributed by atoms with E-state index in [2.05, 4.69) is 10.0 Å². The van der Waals surface area contributed by atoms with Crippen molar-refractivity contribution in [1.82, 2.24) is 4.72 Å². The lowest BCUT2D eigenvalue weighted by molar-refractivity contribution is 0.102. The van der Waals surface area contributed by atoms with E-state index in [-0.39, 0.29) is 28.7 Å². The summed E-state index contributed by atoms with van der Waals surface area (Å²) < 4.78 is 50.6. The number of para-hydroxylation sites is 1. The molecule has 1 amide bonds. The fourth-order valence-corrected chi connectivity index (χ4v) is 6.60. The summed E-state index contributed by atoms with van der Waals surface area (Å²) in [5.41, 5.74) is 3.22. The van der Waals surface area contributed by atoms with Crippen LogP contribution in [0, 0.1) is 0 Å². The van der Waals surface area contributed by atoms with E-state index >= 15 is 0 Å². The standard InChI is InChI=1S/C21H26N2O5S2/c1-3-15-6-5-7-16(4-2)20(15)22-21(24)17-8-10-19(11-9-17)30(27,28)23-18-12-13-29(25,26)14-18/h5-11,18,23H,3-4,12-14H2,1-2H3,(H,22,24). The average molecular weight is 451 g/mol. The number of hydrogen-bond acceptors (Lipinski definition) is 5. The normalized spacial score (nSPS) is 18.3. The van der Waals surface area contributed by atoms with Crippen LogP contribution < -0.4 is 10.0 Å². The van der Waals surface area contributed by atoms with Crippen LogP contribution in [0.1, 0.15) is 41.8 Å². The lowest BCUT2D eigenvalue weighted by Gasteiger charge is -2.15. The van der Waals surface area contributed by atoms with Gasteiger partial charge in [0.15, 0.2) is 9.84 Å². The molecule has 162 valence electrons. The first-order chi connectivity index (χ1) is 14.1. The molecule has 1 saturated heterocycles. The molecule has 0 aliphatic carbocycles. The molecular weight excluding hydrogens is 424 g/mol. The minimum Gasteiger partial charge on any atom is -0.321 e. The summed E-state index contributed by atoms with van der Waals surface area (Å²) in [7, 11) is -7.05. The van der Waals surface area contributed by atoms with Crippen molar-refractivity contribution in [2.75, 3.05) is 16.8 Å². The Morgan fingerprint density at radius 3 is 2.13 bits per heavy atom. The summed E-state index contributed by atoms with van der Waals surface area (Å²) in [6.45, 7) is 4.04. The summed E-state index contributed by atoms with van der Waals surface area (Å²) in [5, 5.41) is 2.95. The van der Waals surface area contributed by atoms with Crippen LogP contribution in [0.4, 0.5) is 5.69 Å². The first-order valence-corrected chi connectivity index (χ1v) is 13.2. The Bertz CT molecular complexity index is 1120. The second kappa shape index (κ2) is 8.87. The van der Waals surface area contributed by atoms with Crippen LogP contribution in [0.3, 0.4) is 0 Å². The third-order valence-corrected chi connectivity index (χ3v) is 8.52. The maximum absolute atomic E-state index is 12.7. The van der Waals surface area contributed by atoms with Gasteiger partial charge in [-0.15, -0.1) is 0 Å². The Morgan fingerprint density at radius 2 is 1.63 bits per heavy atom. The van der Waals surface area contributed by atoms with Crippen molar-refractivity contribution < 1.29 is 21.6 Å². The topological polar surface area (TPSA) is 109 Å². The minimum atomic E-state index is -3.86. The summed E-state index contributed by atoms with van der Waals surface area (Å²) in [5.74, 6) is -0.522. The zero-order valence-corrected chi connectivity index (χ0v) is 18.6. The molecular formula is C21H26N2O5S2. The molecule has 2 N–H and O–H groups in total. The molecule has 1 aliphatic rings. The van der Waals surface area contributed by atoms with E-state index in [0.717, 1.165) is 29.7 Å². The van der Waals surface area contributed by atoms with Gasteiger partial charge < -0.3 is 5.32 Å². The van der Waals surface area contributed by atoms with E-state index in [1.54, 1.807) is 0 Å². The van der Waals surface area contributed by atoms with Gasteiger partial charge in [-0.3, -0.25) is 4.79 Å². The number of hydrogen-bond donors (Lipinski definition) is 2. The smallest absolute Gasteiger partial charge is 0.255 e. The van der Waals surface area contributed by atoms with Crippen LogP contribution in [0.15, 0.2) is 47.4 Å². The number of aryl methyl sites for hydroxylation is 2. The number of nitrogens with one attached hydrogen (secondary N) is 2. The lowest BCUT2D eigenvalue weighted by atomic mass is 10.0. The number of carbonyl (C=O) groups is 1. The molecule has 0 radical (unpaired) electrons. The van der Waals surface area contributed by atoms with Gasteiger partial charge in [0, 0.05) is 17.3 Å². The second-order valence-corrected chi connectivity index (χ2v) is 11.3. The summed E-state index contributed by atoms with van der Waals surface area (Å²) in [6, 6.07) is 10.9. The van der Waals surface area contributed by atoms with Crippen molar-refractivity contribution in [1.29, 1.82) is 0 Å². The average Bonchev–Trinajstić information content (AvgIpc) is 3.05. The predicted molar refractivity (Wildman–Crippen MR) is 117 cm³/mol. The van der Waals surface area contributed by atoms with Gasteiger partial charge in [0.25, 0.3) is 5.91 Å². The lowest BCUT2D eigenvalue weighted by Crippen LogP contribution is -2.35. The monoisotopic (exact) mass is 450 g/mol. The van der Waals surface area contributed by atoms with Crippen molar-refractivity contribution in [3.8, 4) is 0 Å². The largest absolute Gasteiger partial charge is 0.321 e. The zero-order chi connectivity index (χ0) is 21.9. The predicted octanol–water partition coefficient (Wildman–Crippen LogP) is 2.53. The van der Waals surface area contributed by atoms with Crippen LogP contribution in [0.2, 0.25) is 0 Å². The molecule has 1 unspecified atom stereocenters. The molecule has 2 aromatic carbocycles. The van der Waals surface area contributed by atoms with Crippen LogP contribution >= 0.6 is 0 Å². The number of amides is 1. The summed E-state index contributed by atoms with van der Waals surface area (Å²) in [6.07, 6.45) is 1.82. The van der Waals surface area contributed by atoms with Crippen LogP contribution in [0.5, 0.6) is 0 Å². The fraction of sp³-hybridized carbons (Fsp3) is 0.381. The zero-order valence-electron chi connectivity index (χ0n) is 17.0. The Kier molecular flexibility index (Phi) is 6.64. The third-order valence-electron chi connectivity index (χ3n) is 5.22. The highest BCUT2D eigenvalue weighted by molar-refractivity contribution is 7.92. The van der Waals surface area contributed by atoms with Gasteiger partial charge in [0.05, 0.1) is 16.4 Å². The molecule has 0 bridgehead atoms. The van der Waals surface area contributed by atoms with Gasteiger partial charge in [-0.05, 0) is 54.7 Å². The summed E-state index contributed by atoms with van der Waals surface area (Å²) in [4.78, 5) is 12.7. The van der Waals surface area contributed by atoms with Crippen LogP contribution in [-0.2, 0) is 32.7 Å². The minimum absolute atomic E-state index is 0.00782. The van der Waals surface area contributed by atoms with Gasteiger partial charge >= 0.3 is 0 Å². The number of carbonyl (C=O) groups excluding carboxylic acids is 1. The van der Waals surface area contributed by atoms with Crippen molar-refractivity contribution in [3.05, 3.63) is 59.2 Å². The Morgan fingerprint density at radius 1 is 1.03 bits per heavy atom. The number of benzene rings is 2. The highest BCUT2D eigenvalue weighted by Gasteiger charge is 2.31. The Balaban J connectivity index is 1.75. The molecule has 0 spiro atoms. The molecule has 1 aliphatic heterocycles. The Hall–Kier alpha value is -2.23. The molecule has 9 heteroatoms. The van der Waals surface area contributed by atoms with E-state index in [1.165, 1.54) is 24.3 Å². The molecule has 1 atom stereocenters. The maximum Gasteiger partial charge on any atom is 0.255 e. The third kappa shape index (κ3) is 5.08. The highest BCUT2D eigenvalue weighted by Crippen LogP contribution is 2.24. The molecule has 3 rings (SSSR count). The Labute approximate surface area is 177 Å². The van der Waals surface area contributed by atoms with Gasteiger partial charge in [0.2, 0.25) is 10.0 Å². The van der Waals surface area contributed by atoms with Crippen LogP contribution in [0.25, 0.3) is 0 Å². The first kappa shape index (κ1) is 22.5. The quantitative estimate of drug-likeness (QED) is 0.674. The molecule has 0 saturated carbocycles. The number of rotatable bonds is 7. The number of sulfonamides is 1. The summed E-state index contributed by atoms with van der Waals surface area (Å²) >= 11 is 0. The van der Waals surface area contributed by atoms with Gasteiger partial charge in [-0.2, -0.15) is 0 Å². The number of anilines is 1. The van der Waals surface area contributed by atoms with E-state index in [0.29, 0.717) is 5.56 Å². The molecule has 1 heterocycles. The molecule has 7 nitrogen and oxygen atoms in total. The van der Waals surface area contributed by atoms with E-state index in [1.807, 2.05) is 32.0 Å². The van der Waals surface area contributed by atoms with Crippen molar-refractivity contribution in [3.63, 3.8) is 0 Å². The van der Waals surface area contributed by atoms with Crippen molar-refractivity contribution >= 4 is 31.5 Å². The van der Waals surface area contributed by atoms with Crippen molar-refractivity contribution in [2.45, 2.75) is 44.0 Å². The first-order valence-electron chi connectivity index (χ1n) is 9.90. The molecule has 0 aromatic heterocycles. The molecule has 30 heavy (non-hydrogen) atoms. The molecule has 2 aromatic rings. The van der Waals surface area contributed by atoms with Crippen LogP contribution in [-0.4, -0.2) is 40.3 Å². The number of sulfone groups is 1. The molecule has 1 fully saturated rings.